The maximum atomic E-state index is 4.18. The van der Waals surface area contributed by atoms with Crippen molar-refractivity contribution in [2.24, 2.45) is 0 Å². The van der Waals surface area contributed by atoms with E-state index in [-0.39, 0.29) is 143 Å². The molecule has 1 fully saturated rings. The van der Waals surface area contributed by atoms with Crippen molar-refractivity contribution >= 4 is 0 Å². The number of rotatable bonds is 0. The Kier molecular flexibility index (Phi) is 240. The van der Waals surface area contributed by atoms with Gasteiger partial charge in [0.2, 0.25) is 0 Å². The third-order valence-electron chi connectivity index (χ3n) is 1.13. The van der Waals surface area contributed by atoms with Gasteiger partial charge in [-0.05, 0) is 0 Å². The standard InChI is InChI=1S/C5H10N.2C4H9.4CH3.5Li.Zn/c1-2-4-6-5-3-1;2*1-4(2)3;;;;;;;;;;/h1-5H2;2*1-3H3;4*1H3;;;;;;/q7*-1;5*+1;+2. The monoisotopic (exact) mass is 357 g/mol. The third kappa shape index (κ3) is 169. The molecule has 120 valence electrons. The topological polar surface area (TPSA) is 14.1 Å². The zero-order valence-electron chi connectivity index (χ0n) is 20.7. The molecular formula is C17H40Li5NZn. The summed E-state index contributed by atoms with van der Waals surface area (Å²) in [6.45, 7) is 14.8. The molecule has 0 aromatic carbocycles. The van der Waals surface area contributed by atoms with Gasteiger partial charge in [-0.15, -0.1) is 13.1 Å². The normalized spacial score (nSPS) is 9.00. The molecule has 1 saturated heterocycles. The van der Waals surface area contributed by atoms with E-state index in [1.807, 2.05) is 0 Å². The van der Waals surface area contributed by atoms with Gasteiger partial charge in [-0.1, -0.05) is 19.3 Å². The quantitative estimate of drug-likeness (QED) is 0.302. The van der Waals surface area contributed by atoms with E-state index in [1.54, 1.807) is 0 Å². The summed E-state index contributed by atoms with van der Waals surface area (Å²) in [6.07, 6.45) is 4.07. The second kappa shape index (κ2) is 71.7. The van der Waals surface area contributed by atoms with Gasteiger partial charge in [-0.3, -0.25) is 0 Å². The Morgan fingerprint density at radius 3 is 0.708 bits per heavy atom. The Morgan fingerprint density at radius 1 is 0.500 bits per heavy atom. The fourth-order valence-corrected chi connectivity index (χ4v) is 0.736. The molecule has 0 aliphatic carbocycles. The summed E-state index contributed by atoms with van der Waals surface area (Å²) in [7, 11) is 0. The van der Waals surface area contributed by atoms with Gasteiger partial charge in [0.1, 0.15) is 0 Å². The first-order chi connectivity index (χ1) is 6.46. The number of hydrogen-bond donors (Lipinski definition) is 0. The molecule has 0 N–H and O–H groups in total. The summed E-state index contributed by atoms with van der Waals surface area (Å²) in [5.41, 5.74) is 0. The van der Waals surface area contributed by atoms with Crippen molar-refractivity contribution in [2.75, 3.05) is 13.1 Å². The van der Waals surface area contributed by atoms with E-state index in [9.17, 15) is 0 Å². The molecule has 1 nitrogen and oxygen atoms in total. The predicted octanol–water partition coefficient (Wildman–Crippen LogP) is -8.40. The van der Waals surface area contributed by atoms with E-state index < -0.39 is 0 Å². The molecule has 1 aliphatic heterocycles. The zero-order valence-corrected chi connectivity index (χ0v) is 23.7. The van der Waals surface area contributed by atoms with Crippen LogP contribution in [0.3, 0.4) is 0 Å². The first-order valence-corrected chi connectivity index (χ1v) is 5.63. The van der Waals surface area contributed by atoms with Crippen molar-refractivity contribution in [1.82, 2.24) is 0 Å². The van der Waals surface area contributed by atoms with Gasteiger partial charge < -0.3 is 46.9 Å². The van der Waals surface area contributed by atoms with Gasteiger partial charge in [0.15, 0.2) is 0 Å². The SMILES string of the molecule is C1CC[N-]CC1.C[C-](C)C.C[C-](C)C.[CH3-].[CH3-].[CH3-].[CH3-].[Li+].[Li+].[Li+].[Li+].[Li+].[Zn+2]. The van der Waals surface area contributed by atoms with Crippen LogP contribution in [0.25, 0.3) is 5.32 Å². The minimum absolute atomic E-state index is 0. The van der Waals surface area contributed by atoms with Crippen LogP contribution in [-0.4, -0.2) is 13.1 Å². The van der Waals surface area contributed by atoms with Crippen LogP contribution < -0.4 is 94.3 Å². The molecule has 0 saturated carbocycles. The summed E-state index contributed by atoms with van der Waals surface area (Å²) in [6, 6.07) is 0. The van der Waals surface area contributed by atoms with Gasteiger partial charge in [-0.25, -0.2) is 0 Å². The molecule has 0 unspecified atom stereocenters. The van der Waals surface area contributed by atoms with Crippen LogP contribution in [0.5, 0.6) is 0 Å². The fraction of sp³-hybridized carbons (Fsp3) is 0.647. The van der Waals surface area contributed by atoms with Crippen LogP contribution >= 0.6 is 0 Å². The van der Waals surface area contributed by atoms with E-state index in [0.29, 0.717) is 0 Å². The van der Waals surface area contributed by atoms with Gasteiger partial charge in [0.25, 0.3) is 0 Å². The summed E-state index contributed by atoms with van der Waals surface area (Å²) in [5, 5.41) is 4.18. The molecule has 0 aromatic heterocycles. The number of hydrogen-bond acceptors (Lipinski definition) is 0. The second-order valence-corrected chi connectivity index (χ2v) is 4.73. The van der Waals surface area contributed by atoms with Crippen LogP contribution in [0, 0.1) is 41.5 Å². The Balaban J connectivity index is -0.00000000760. The van der Waals surface area contributed by atoms with Gasteiger partial charge in [0, 0.05) is 0 Å². The molecule has 0 aromatic rings. The fourth-order valence-electron chi connectivity index (χ4n) is 0.736. The summed E-state index contributed by atoms with van der Waals surface area (Å²) in [4.78, 5) is 0. The van der Waals surface area contributed by atoms with Crippen molar-refractivity contribution in [3.63, 3.8) is 0 Å². The van der Waals surface area contributed by atoms with E-state index in [1.165, 1.54) is 31.1 Å². The van der Waals surface area contributed by atoms with E-state index >= 15 is 0 Å². The second-order valence-electron chi connectivity index (χ2n) is 4.73. The molecule has 0 amide bonds. The average Bonchev–Trinajstić information content (AvgIpc) is 2.05. The molecule has 0 atom stereocenters. The van der Waals surface area contributed by atoms with E-state index in [0.717, 1.165) is 13.1 Å². The van der Waals surface area contributed by atoms with Gasteiger partial charge >= 0.3 is 114 Å². The minimum Gasteiger partial charge on any atom is -0.662 e. The Labute approximate surface area is 232 Å². The smallest absolute Gasteiger partial charge is 0.662 e. The Bertz CT molecular complexity index is 84.0. The third-order valence-corrected chi connectivity index (χ3v) is 1.13. The van der Waals surface area contributed by atoms with E-state index in [4.69, 9.17) is 0 Å². The zero-order chi connectivity index (χ0) is 11.4. The van der Waals surface area contributed by atoms with E-state index in [2.05, 4.69) is 46.9 Å². The molecular weight excluding hydrogens is 318 g/mol. The van der Waals surface area contributed by atoms with Gasteiger partial charge in [0.05, 0.1) is 0 Å². The maximum Gasteiger partial charge on any atom is 2.00 e. The summed E-state index contributed by atoms with van der Waals surface area (Å²) < 4.78 is 0. The Hall–Kier alpha value is 3.57. The Morgan fingerprint density at radius 2 is 0.667 bits per heavy atom. The molecule has 1 rings (SSSR count). The van der Waals surface area contributed by atoms with Gasteiger partial charge in [-0.2, -0.15) is 41.5 Å². The number of nitrogens with zero attached hydrogens (tertiary/aromatic N) is 1. The van der Waals surface area contributed by atoms with Crippen molar-refractivity contribution in [3.05, 3.63) is 46.9 Å². The van der Waals surface area contributed by atoms with Crippen LogP contribution in [0.2, 0.25) is 0 Å². The molecule has 24 heavy (non-hydrogen) atoms. The minimum atomic E-state index is 0. The average molecular weight is 359 g/mol. The van der Waals surface area contributed by atoms with Crippen molar-refractivity contribution in [1.29, 1.82) is 0 Å². The summed E-state index contributed by atoms with van der Waals surface area (Å²) >= 11 is 0. The van der Waals surface area contributed by atoms with Crippen LogP contribution in [0.1, 0.15) is 60.8 Å². The summed E-state index contributed by atoms with van der Waals surface area (Å²) in [5.74, 6) is 2.83. The predicted molar refractivity (Wildman–Crippen MR) is 93.1 cm³/mol. The van der Waals surface area contributed by atoms with Crippen molar-refractivity contribution < 1.29 is 114 Å². The van der Waals surface area contributed by atoms with Crippen LogP contribution in [0.4, 0.5) is 0 Å². The molecule has 0 bridgehead atoms. The molecule has 0 radical (unpaired) electrons. The van der Waals surface area contributed by atoms with Crippen LogP contribution in [0.15, 0.2) is 0 Å². The number of piperidine rings is 1. The van der Waals surface area contributed by atoms with Crippen molar-refractivity contribution in [3.8, 4) is 0 Å². The first-order valence-electron chi connectivity index (χ1n) is 5.63. The molecule has 1 aliphatic rings. The molecule has 1 heterocycles. The molecule has 0 spiro atoms. The van der Waals surface area contributed by atoms with Crippen molar-refractivity contribution in [2.45, 2.75) is 60.8 Å². The van der Waals surface area contributed by atoms with Crippen LogP contribution in [-0.2, 0) is 19.5 Å². The largest absolute Gasteiger partial charge is 2.00 e. The maximum absolute atomic E-state index is 4.18. The molecule has 7 heteroatoms. The first kappa shape index (κ1) is 80.3.